The van der Waals surface area contributed by atoms with E-state index in [1.54, 1.807) is 4.31 Å². The molecule has 2 amide bonds. The number of nitrogens with one attached hydrogen (secondary N) is 1. The average Bonchev–Trinajstić information content (AvgIpc) is 3.32. The van der Waals surface area contributed by atoms with Crippen molar-refractivity contribution in [3.8, 4) is 0 Å². The van der Waals surface area contributed by atoms with Crippen LogP contribution in [0.3, 0.4) is 0 Å². The summed E-state index contributed by atoms with van der Waals surface area (Å²) >= 11 is 0. The first-order valence-electron chi connectivity index (χ1n) is 8.98. The number of urea groups is 1. The molecule has 2 aliphatic carbocycles. The number of likely N-dealkylation sites (tertiary alicyclic amines) is 1. The van der Waals surface area contributed by atoms with Crippen molar-refractivity contribution < 1.29 is 13.2 Å². The highest BCUT2D eigenvalue weighted by atomic mass is 32.2. The van der Waals surface area contributed by atoms with Gasteiger partial charge in [-0.3, -0.25) is 0 Å². The Morgan fingerprint density at radius 1 is 1.17 bits per heavy atom. The summed E-state index contributed by atoms with van der Waals surface area (Å²) in [5.74, 6) is 0.719. The highest BCUT2D eigenvalue weighted by Crippen LogP contribution is 2.33. The number of nitrogens with zero attached hydrogens (tertiary/aromatic N) is 2. The van der Waals surface area contributed by atoms with Gasteiger partial charge >= 0.3 is 6.03 Å². The van der Waals surface area contributed by atoms with Crippen LogP contribution in [0, 0.1) is 5.92 Å². The van der Waals surface area contributed by atoms with Gasteiger partial charge in [-0.1, -0.05) is 13.8 Å². The van der Waals surface area contributed by atoms with Crippen molar-refractivity contribution in [1.29, 1.82) is 0 Å². The third-order valence-electron chi connectivity index (χ3n) is 5.44. The molecule has 0 aromatic carbocycles. The van der Waals surface area contributed by atoms with Crippen LogP contribution in [0.1, 0.15) is 52.4 Å². The molecule has 3 rings (SSSR count). The van der Waals surface area contributed by atoms with Gasteiger partial charge in [-0.15, -0.1) is 0 Å². The van der Waals surface area contributed by atoms with Crippen molar-refractivity contribution in [3.05, 3.63) is 0 Å². The fraction of sp³-hybridized carbons (Fsp3) is 0.938. The van der Waals surface area contributed by atoms with Crippen LogP contribution in [-0.2, 0) is 10.0 Å². The van der Waals surface area contributed by atoms with E-state index in [4.69, 9.17) is 0 Å². The van der Waals surface area contributed by atoms with Gasteiger partial charge in [-0.25, -0.2) is 13.2 Å². The molecule has 0 spiro atoms. The van der Waals surface area contributed by atoms with Gasteiger partial charge in [-0.05, 0) is 44.4 Å². The second kappa shape index (κ2) is 6.59. The number of hydrogen-bond acceptors (Lipinski definition) is 3. The summed E-state index contributed by atoms with van der Waals surface area (Å²) < 4.78 is 26.7. The Morgan fingerprint density at radius 3 is 2.26 bits per heavy atom. The highest BCUT2D eigenvalue weighted by Gasteiger charge is 2.43. The molecular weight excluding hydrogens is 314 g/mol. The first-order valence-corrected chi connectivity index (χ1v) is 10.5. The molecule has 2 saturated carbocycles. The number of rotatable bonds is 5. The average molecular weight is 343 g/mol. The number of carbonyl (C=O) groups excluding carboxylic acids is 1. The lowest BCUT2D eigenvalue weighted by Crippen LogP contribution is -2.54. The molecule has 3 aliphatic rings. The van der Waals surface area contributed by atoms with E-state index in [1.807, 2.05) is 11.8 Å². The van der Waals surface area contributed by atoms with Gasteiger partial charge in [0.2, 0.25) is 10.0 Å². The number of sulfonamides is 1. The predicted molar refractivity (Wildman–Crippen MR) is 89.6 cm³/mol. The van der Waals surface area contributed by atoms with Crippen LogP contribution in [0.5, 0.6) is 0 Å². The van der Waals surface area contributed by atoms with E-state index in [-0.39, 0.29) is 17.3 Å². The molecular formula is C16H29N3O3S. The standard InChI is InChI=1S/C16H29N3O3S/c1-3-19(23(21,22)15-4-5-15)14-6-8-18(9-7-14)16(20)17-13-10-12(2)11-13/h12-15H,3-11H2,1-2H3,(H,17,20). The Morgan fingerprint density at radius 2 is 1.78 bits per heavy atom. The number of piperidine rings is 1. The SMILES string of the molecule is CCN(C1CCN(C(=O)NC2CC(C)C2)CC1)S(=O)(=O)C1CC1. The molecule has 0 unspecified atom stereocenters. The monoisotopic (exact) mass is 343 g/mol. The summed E-state index contributed by atoms with van der Waals surface area (Å²) in [5, 5.41) is 2.94. The van der Waals surface area contributed by atoms with Crippen molar-refractivity contribution in [2.75, 3.05) is 19.6 Å². The van der Waals surface area contributed by atoms with Crippen molar-refractivity contribution in [3.63, 3.8) is 0 Å². The Labute approximate surface area is 139 Å². The third kappa shape index (κ3) is 3.65. The Hall–Kier alpha value is -0.820. The van der Waals surface area contributed by atoms with E-state index < -0.39 is 10.0 Å². The van der Waals surface area contributed by atoms with Gasteiger partial charge in [-0.2, -0.15) is 4.31 Å². The summed E-state index contributed by atoms with van der Waals surface area (Å²) in [5.41, 5.74) is 0. The maximum atomic E-state index is 12.5. The normalized spacial score (nSPS) is 29.4. The van der Waals surface area contributed by atoms with Crippen LogP contribution < -0.4 is 5.32 Å². The van der Waals surface area contributed by atoms with Gasteiger partial charge in [0.05, 0.1) is 5.25 Å². The molecule has 0 aromatic heterocycles. The van der Waals surface area contributed by atoms with Gasteiger partial charge in [0.15, 0.2) is 0 Å². The molecule has 7 heteroatoms. The molecule has 1 aliphatic heterocycles. The lowest BCUT2D eigenvalue weighted by atomic mass is 9.82. The van der Waals surface area contributed by atoms with Crippen molar-refractivity contribution in [1.82, 2.24) is 14.5 Å². The lowest BCUT2D eigenvalue weighted by Gasteiger charge is -2.39. The predicted octanol–water partition coefficient (Wildman–Crippen LogP) is 1.77. The van der Waals surface area contributed by atoms with E-state index in [0.29, 0.717) is 25.7 Å². The van der Waals surface area contributed by atoms with Crippen LogP contribution in [0.2, 0.25) is 0 Å². The molecule has 0 radical (unpaired) electrons. The van der Waals surface area contributed by atoms with Crippen LogP contribution in [0.4, 0.5) is 4.79 Å². The molecule has 0 aromatic rings. The maximum Gasteiger partial charge on any atom is 0.317 e. The van der Waals surface area contributed by atoms with Crippen LogP contribution in [0.15, 0.2) is 0 Å². The van der Waals surface area contributed by atoms with E-state index in [1.165, 1.54) is 0 Å². The first kappa shape index (κ1) is 17.0. The highest BCUT2D eigenvalue weighted by molar-refractivity contribution is 7.90. The van der Waals surface area contributed by atoms with Gasteiger partial charge in [0.1, 0.15) is 0 Å². The van der Waals surface area contributed by atoms with E-state index in [9.17, 15) is 13.2 Å². The second-order valence-electron chi connectivity index (χ2n) is 7.39. The van der Waals surface area contributed by atoms with E-state index in [2.05, 4.69) is 12.2 Å². The zero-order chi connectivity index (χ0) is 16.6. The number of hydrogen-bond donors (Lipinski definition) is 1. The maximum absolute atomic E-state index is 12.5. The molecule has 3 fully saturated rings. The summed E-state index contributed by atoms with van der Waals surface area (Å²) in [6.45, 7) is 5.95. The van der Waals surface area contributed by atoms with Crippen LogP contribution >= 0.6 is 0 Å². The molecule has 0 bridgehead atoms. The van der Waals surface area contributed by atoms with Crippen molar-refractivity contribution in [2.24, 2.45) is 5.92 Å². The molecule has 0 atom stereocenters. The molecule has 1 saturated heterocycles. The molecule has 132 valence electrons. The minimum atomic E-state index is -3.12. The summed E-state index contributed by atoms with van der Waals surface area (Å²) in [7, 11) is -3.12. The smallest absolute Gasteiger partial charge is 0.317 e. The topological polar surface area (TPSA) is 69.7 Å². The molecule has 23 heavy (non-hydrogen) atoms. The number of amides is 2. The summed E-state index contributed by atoms with van der Waals surface area (Å²) in [6, 6.07) is 0.407. The Bertz CT molecular complexity index is 533. The van der Waals surface area contributed by atoms with Gasteiger partial charge in [0.25, 0.3) is 0 Å². The van der Waals surface area contributed by atoms with Gasteiger partial charge < -0.3 is 10.2 Å². The third-order valence-corrected chi connectivity index (χ3v) is 7.97. The summed E-state index contributed by atoms with van der Waals surface area (Å²) in [6.07, 6.45) is 5.25. The fourth-order valence-electron chi connectivity index (χ4n) is 3.85. The summed E-state index contributed by atoms with van der Waals surface area (Å²) in [4.78, 5) is 14.1. The minimum Gasteiger partial charge on any atom is -0.335 e. The van der Waals surface area contributed by atoms with Crippen molar-refractivity contribution >= 4 is 16.1 Å². The molecule has 1 N–H and O–H groups in total. The molecule has 6 nitrogen and oxygen atoms in total. The van der Waals surface area contributed by atoms with E-state index >= 15 is 0 Å². The quantitative estimate of drug-likeness (QED) is 0.827. The zero-order valence-electron chi connectivity index (χ0n) is 14.2. The van der Waals surface area contributed by atoms with E-state index in [0.717, 1.165) is 44.4 Å². The van der Waals surface area contributed by atoms with Crippen molar-refractivity contribution in [2.45, 2.75) is 69.7 Å². The second-order valence-corrected chi connectivity index (χ2v) is 9.55. The minimum absolute atomic E-state index is 0.0217. The van der Waals surface area contributed by atoms with Crippen LogP contribution in [0.25, 0.3) is 0 Å². The fourth-order valence-corrected chi connectivity index (χ4v) is 5.95. The van der Waals surface area contributed by atoms with Gasteiger partial charge in [0, 0.05) is 31.7 Å². The van der Waals surface area contributed by atoms with Crippen LogP contribution in [-0.4, -0.2) is 60.6 Å². The zero-order valence-corrected chi connectivity index (χ0v) is 15.0. The number of carbonyl (C=O) groups is 1. The largest absolute Gasteiger partial charge is 0.335 e. The Kier molecular flexibility index (Phi) is 4.88. The molecule has 1 heterocycles. The Balaban J connectivity index is 1.50. The first-order chi connectivity index (χ1) is 10.9. The lowest BCUT2D eigenvalue weighted by molar-refractivity contribution is 0.146.